The van der Waals surface area contributed by atoms with E-state index in [1.165, 1.54) is 0 Å². The summed E-state index contributed by atoms with van der Waals surface area (Å²) in [6.07, 6.45) is 3.55. The number of phenolic OH excluding ortho intramolecular Hbond substituents is 1. The van der Waals surface area contributed by atoms with Crippen LogP contribution in [0.1, 0.15) is 11.1 Å². The Labute approximate surface area is 94.3 Å². The van der Waals surface area contributed by atoms with Gasteiger partial charge in [-0.2, -0.15) is 0 Å². The molecule has 82 valence electrons. The maximum Gasteiger partial charge on any atom is 0.161 e. The van der Waals surface area contributed by atoms with Crippen LogP contribution in [0.25, 0.3) is 0 Å². The topological polar surface area (TPSA) is 42.4 Å². The molecule has 0 fully saturated rings. The number of rotatable bonds is 3. The summed E-state index contributed by atoms with van der Waals surface area (Å²) in [4.78, 5) is 4.08. The molecule has 0 spiro atoms. The predicted molar refractivity (Wildman–Crippen MR) is 61.4 cm³/mol. The fourth-order valence-corrected chi connectivity index (χ4v) is 1.44. The number of hydrogen-bond acceptors (Lipinski definition) is 3. The highest BCUT2D eigenvalue weighted by atomic mass is 16.5. The molecule has 0 aliphatic carbocycles. The number of para-hydroxylation sites is 2. The molecule has 1 aromatic heterocycles. The van der Waals surface area contributed by atoms with Crippen molar-refractivity contribution >= 4 is 0 Å². The van der Waals surface area contributed by atoms with Gasteiger partial charge in [0.2, 0.25) is 0 Å². The Balaban J connectivity index is 2.05. The first kappa shape index (κ1) is 10.5. The van der Waals surface area contributed by atoms with Gasteiger partial charge in [-0.3, -0.25) is 4.98 Å². The number of hydrogen-bond donors (Lipinski definition) is 1. The summed E-state index contributed by atoms with van der Waals surface area (Å²) in [5.41, 5.74) is 2.08. The third-order valence-corrected chi connectivity index (χ3v) is 2.19. The van der Waals surface area contributed by atoms with Crippen molar-refractivity contribution in [1.29, 1.82) is 0 Å². The van der Waals surface area contributed by atoms with Crippen LogP contribution in [0, 0.1) is 6.92 Å². The van der Waals surface area contributed by atoms with Gasteiger partial charge in [0.1, 0.15) is 6.61 Å². The van der Waals surface area contributed by atoms with Crippen molar-refractivity contribution in [2.75, 3.05) is 0 Å². The van der Waals surface area contributed by atoms with E-state index in [1.807, 2.05) is 19.1 Å². The summed E-state index contributed by atoms with van der Waals surface area (Å²) in [7, 11) is 0. The lowest BCUT2D eigenvalue weighted by Crippen LogP contribution is -1.96. The lowest BCUT2D eigenvalue weighted by atomic mass is 10.2. The first-order valence-corrected chi connectivity index (χ1v) is 5.07. The SMILES string of the molecule is Cc1cncc(COc2ccccc2O)c1. The smallest absolute Gasteiger partial charge is 0.161 e. The van der Waals surface area contributed by atoms with E-state index in [2.05, 4.69) is 4.98 Å². The minimum Gasteiger partial charge on any atom is -0.504 e. The van der Waals surface area contributed by atoms with Crippen molar-refractivity contribution in [3.05, 3.63) is 53.9 Å². The molecule has 1 heterocycles. The van der Waals surface area contributed by atoms with E-state index in [0.29, 0.717) is 12.4 Å². The Bertz CT molecular complexity index is 483. The lowest BCUT2D eigenvalue weighted by molar-refractivity contribution is 0.288. The van der Waals surface area contributed by atoms with Gasteiger partial charge in [-0.05, 0) is 30.7 Å². The van der Waals surface area contributed by atoms with Gasteiger partial charge in [0.25, 0.3) is 0 Å². The van der Waals surface area contributed by atoms with Crippen LogP contribution in [-0.4, -0.2) is 10.1 Å². The highest BCUT2D eigenvalue weighted by Crippen LogP contribution is 2.25. The van der Waals surface area contributed by atoms with Crippen LogP contribution in [-0.2, 0) is 6.61 Å². The third kappa shape index (κ3) is 2.51. The summed E-state index contributed by atoms with van der Waals surface area (Å²) in [5.74, 6) is 0.645. The number of benzene rings is 1. The van der Waals surface area contributed by atoms with E-state index in [0.717, 1.165) is 11.1 Å². The zero-order chi connectivity index (χ0) is 11.4. The van der Waals surface area contributed by atoms with E-state index in [1.54, 1.807) is 30.6 Å². The second kappa shape index (κ2) is 4.66. The Morgan fingerprint density at radius 3 is 2.81 bits per heavy atom. The number of aromatic nitrogens is 1. The van der Waals surface area contributed by atoms with E-state index < -0.39 is 0 Å². The van der Waals surface area contributed by atoms with Crippen LogP contribution in [0.4, 0.5) is 0 Å². The van der Waals surface area contributed by atoms with Crippen molar-refractivity contribution in [1.82, 2.24) is 4.98 Å². The second-order valence-electron chi connectivity index (χ2n) is 3.63. The molecule has 2 rings (SSSR count). The molecule has 3 nitrogen and oxygen atoms in total. The molecule has 16 heavy (non-hydrogen) atoms. The van der Waals surface area contributed by atoms with Crippen molar-refractivity contribution in [2.24, 2.45) is 0 Å². The van der Waals surface area contributed by atoms with Crippen molar-refractivity contribution < 1.29 is 9.84 Å². The van der Waals surface area contributed by atoms with Crippen LogP contribution >= 0.6 is 0 Å². The Kier molecular flexibility index (Phi) is 3.05. The summed E-state index contributed by atoms with van der Waals surface area (Å²) >= 11 is 0. The molecule has 2 aromatic rings. The normalized spacial score (nSPS) is 10.1. The summed E-state index contributed by atoms with van der Waals surface area (Å²) in [6, 6.07) is 8.93. The van der Waals surface area contributed by atoms with Gasteiger partial charge in [-0.1, -0.05) is 12.1 Å². The van der Waals surface area contributed by atoms with Gasteiger partial charge in [-0.25, -0.2) is 0 Å². The van der Waals surface area contributed by atoms with Crippen LogP contribution in [0.15, 0.2) is 42.7 Å². The van der Waals surface area contributed by atoms with E-state index >= 15 is 0 Å². The minimum atomic E-state index is 0.156. The highest BCUT2D eigenvalue weighted by Gasteiger charge is 2.01. The number of nitrogens with zero attached hydrogens (tertiary/aromatic N) is 1. The number of ether oxygens (including phenoxy) is 1. The second-order valence-corrected chi connectivity index (χ2v) is 3.63. The van der Waals surface area contributed by atoms with E-state index in [4.69, 9.17) is 4.74 Å². The predicted octanol–water partition coefficient (Wildman–Crippen LogP) is 2.67. The molecule has 0 atom stereocenters. The molecule has 0 radical (unpaired) electrons. The first-order valence-electron chi connectivity index (χ1n) is 5.07. The molecule has 0 saturated carbocycles. The molecular weight excluding hydrogens is 202 g/mol. The van der Waals surface area contributed by atoms with Gasteiger partial charge in [-0.15, -0.1) is 0 Å². The first-order chi connectivity index (χ1) is 7.75. The van der Waals surface area contributed by atoms with Crippen LogP contribution in [0.5, 0.6) is 11.5 Å². The number of aromatic hydroxyl groups is 1. The molecule has 3 heteroatoms. The maximum atomic E-state index is 9.50. The average molecular weight is 215 g/mol. The molecule has 1 N–H and O–H groups in total. The van der Waals surface area contributed by atoms with E-state index in [9.17, 15) is 5.11 Å². The monoisotopic (exact) mass is 215 g/mol. The van der Waals surface area contributed by atoms with Gasteiger partial charge in [0.05, 0.1) is 0 Å². The van der Waals surface area contributed by atoms with Gasteiger partial charge < -0.3 is 9.84 Å². The highest BCUT2D eigenvalue weighted by molar-refractivity contribution is 5.38. The van der Waals surface area contributed by atoms with Crippen LogP contribution in [0.3, 0.4) is 0 Å². The Morgan fingerprint density at radius 1 is 1.25 bits per heavy atom. The van der Waals surface area contributed by atoms with Crippen molar-refractivity contribution in [3.63, 3.8) is 0 Å². The van der Waals surface area contributed by atoms with Crippen molar-refractivity contribution in [2.45, 2.75) is 13.5 Å². The molecule has 0 saturated heterocycles. The summed E-state index contributed by atoms with van der Waals surface area (Å²) in [5, 5.41) is 9.50. The van der Waals surface area contributed by atoms with E-state index in [-0.39, 0.29) is 5.75 Å². The summed E-state index contributed by atoms with van der Waals surface area (Å²) < 4.78 is 5.49. The number of phenols is 1. The lowest BCUT2D eigenvalue weighted by Gasteiger charge is -2.07. The third-order valence-electron chi connectivity index (χ3n) is 2.19. The quantitative estimate of drug-likeness (QED) is 0.855. The minimum absolute atomic E-state index is 0.156. The zero-order valence-electron chi connectivity index (χ0n) is 9.05. The fraction of sp³-hybridized carbons (Fsp3) is 0.154. The van der Waals surface area contributed by atoms with Crippen LogP contribution < -0.4 is 4.74 Å². The summed E-state index contributed by atoms with van der Waals surface area (Å²) in [6.45, 7) is 2.39. The maximum absolute atomic E-state index is 9.50. The molecular formula is C13H13NO2. The van der Waals surface area contributed by atoms with Gasteiger partial charge >= 0.3 is 0 Å². The molecule has 0 aliphatic heterocycles. The van der Waals surface area contributed by atoms with Crippen LogP contribution in [0.2, 0.25) is 0 Å². The number of aryl methyl sites for hydroxylation is 1. The zero-order valence-corrected chi connectivity index (χ0v) is 9.05. The molecule has 0 amide bonds. The Morgan fingerprint density at radius 2 is 2.06 bits per heavy atom. The van der Waals surface area contributed by atoms with Gasteiger partial charge in [0.15, 0.2) is 11.5 Å². The number of pyridine rings is 1. The molecule has 0 aliphatic rings. The fourth-order valence-electron chi connectivity index (χ4n) is 1.44. The largest absolute Gasteiger partial charge is 0.504 e. The van der Waals surface area contributed by atoms with Gasteiger partial charge in [0, 0.05) is 18.0 Å². The standard InChI is InChI=1S/C13H13NO2/c1-10-6-11(8-14-7-10)9-16-13-5-3-2-4-12(13)15/h2-8,15H,9H2,1H3. The average Bonchev–Trinajstić information content (AvgIpc) is 2.28. The van der Waals surface area contributed by atoms with Crippen molar-refractivity contribution in [3.8, 4) is 11.5 Å². The molecule has 0 unspecified atom stereocenters. The molecule has 1 aromatic carbocycles. The molecule has 0 bridgehead atoms. The Hall–Kier alpha value is -2.03.